The van der Waals surface area contributed by atoms with Crippen LogP contribution in [0.4, 0.5) is 22.0 Å². The summed E-state index contributed by atoms with van der Waals surface area (Å²) >= 11 is 5.93. The third kappa shape index (κ3) is 4.22. The Kier molecular flexibility index (Phi) is 5.72. The third-order valence-corrected chi connectivity index (χ3v) is 5.08. The number of hydrogen-bond acceptors (Lipinski definition) is 5. The number of nitrogens with one attached hydrogen (secondary N) is 1. The van der Waals surface area contributed by atoms with E-state index in [-0.39, 0.29) is 22.8 Å². The highest BCUT2D eigenvalue weighted by atomic mass is 35.5. The van der Waals surface area contributed by atoms with E-state index in [2.05, 4.69) is 15.3 Å². The molecule has 166 valence electrons. The highest BCUT2D eigenvalue weighted by Crippen LogP contribution is 2.34. The maximum Gasteiger partial charge on any atom is 0.433 e. The fourth-order valence-corrected chi connectivity index (χ4v) is 3.47. The summed E-state index contributed by atoms with van der Waals surface area (Å²) in [6.45, 7) is -0.344. The zero-order valence-corrected chi connectivity index (χ0v) is 16.7. The van der Waals surface area contributed by atoms with Crippen molar-refractivity contribution in [2.24, 2.45) is 10.9 Å². The van der Waals surface area contributed by atoms with Crippen LogP contribution in [0, 0.1) is 17.6 Å². The van der Waals surface area contributed by atoms with Gasteiger partial charge < -0.3 is 10.1 Å². The van der Waals surface area contributed by atoms with Gasteiger partial charge in [0.1, 0.15) is 24.3 Å². The zero-order valence-electron chi connectivity index (χ0n) is 16.0. The lowest BCUT2D eigenvalue weighted by molar-refractivity contribution is -0.141. The van der Waals surface area contributed by atoms with Crippen LogP contribution in [-0.2, 0) is 12.8 Å². The lowest BCUT2D eigenvalue weighted by atomic mass is 9.91. The summed E-state index contributed by atoms with van der Waals surface area (Å²) in [6, 6.07) is 3.75. The van der Waals surface area contributed by atoms with E-state index in [4.69, 9.17) is 16.3 Å². The summed E-state index contributed by atoms with van der Waals surface area (Å²) < 4.78 is 72.5. The van der Waals surface area contributed by atoms with Crippen molar-refractivity contribution >= 4 is 23.6 Å². The maximum absolute atomic E-state index is 15.0. The number of benzene rings is 1. The fourth-order valence-electron chi connectivity index (χ4n) is 3.28. The Labute approximate surface area is 183 Å². The van der Waals surface area contributed by atoms with Gasteiger partial charge in [0.25, 0.3) is 0 Å². The molecule has 2 aliphatic rings. The van der Waals surface area contributed by atoms with E-state index in [9.17, 15) is 26.7 Å². The molecular weight excluding hydrogens is 457 g/mol. The Morgan fingerprint density at radius 3 is 2.66 bits per heavy atom. The summed E-state index contributed by atoms with van der Waals surface area (Å²) in [5.74, 6) is -4.25. The van der Waals surface area contributed by atoms with Crippen LogP contribution in [0.25, 0.3) is 0 Å². The van der Waals surface area contributed by atoms with E-state index in [1.807, 2.05) is 0 Å². The van der Waals surface area contributed by atoms with Crippen molar-refractivity contribution in [1.29, 1.82) is 0 Å². The largest absolute Gasteiger partial charge is 0.486 e. The standard InChI is InChI=1S/C21H13ClF5N3O2/c22-11-5-12-13(8-30-20(12)29-7-11)19(31)17-14(23)2-3-15(18(17)24)32-9-10-1-4-16(28-6-10)21(25,26)27/h1-8,12,20,30H,9H2. The van der Waals surface area contributed by atoms with E-state index in [0.717, 1.165) is 30.5 Å². The highest BCUT2D eigenvalue weighted by Gasteiger charge is 2.36. The molecule has 0 saturated heterocycles. The molecule has 2 unspecified atom stereocenters. The quantitative estimate of drug-likeness (QED) is 0.506. The number of aliphatic imine (C=N–C) groups is 1. The number of allylic oxidation sites excluding steroid dienone is 1. The second kappa shape index (κ2) is 8.34. The molecule has 0 bridgehead atoms. The molecule has 11 heteroatoms. The number of alkyl halides is 3. The van der Waals surface area contributed by atoms with Crippen LogP contribution in [0.15, 0.2) is 58.3 Å². The van der Waals surface area contributed by atoms with Crippen LogP contribution in [-0.4, -0.2) is 23.1 Å². The molecule has 0 radical (unpaired) electrons. The minimum atomic E-state index is -4.59. The molecule has 5 nitrogen and oxygen atoms in total. The molecule has 0 saturated carbocycles. The summed E-state index contributed by atoms with van der Waals surface area (Å²) in [6.07, 6.45) is 0.129. The predicted molar refractivity (Wildman–Crippen MR) is 105 cm³/mol. The number of hydrogen-bond donors (Lipinski definition) is 1. The van der Waals surface area contributed by atoms with Gasteiger partial charge in [-0.25, -0.2) is 8.78 Å². The van der Waals surface area contributed by atoms with Crippen LogP contribution in [0.2, 0.25) is 0 Å². The van der Waals surface area contributed by atoms with Crippen LogP contribution in [0.5, 0.6) is 5.75 Å². The number of aromatic nitrogens is 1. The number of dihydropyridines is 1. The number of rotatable bonds is 5. The minimum Gasteiger partial charge on any atom is -0.486 e. The molecule has 0 amide bonds. The number of ketones is 1. The van der Waals surface area contributed by atoms with Gasteiger partial charge in [0.2, 0.25) is 0 Å². The van der Waals surface area contributed by atoms with Gasteiger partial charge in [-0.3, -0.25) is 14.8 Å². The molecule has 32 heavy (non-hydrogen) atoms. The molecule has 2 aliphatic heterocycles. The van der Waals surface area contributed by atoms with Crippen LogP contribution >= 0.6 is 11.6 Å². The molecule has 0 fully saturated rings. The third-order valence-electron chi connectivity index (χ3n) is 4.86. The molecule has 2 atom stereocenters. The minimum absolute atomic E-state index is 0.0758. The number of carbonyl (C=O) groups excluding carboxylic acids is 1. The van der Waals surface area contributed by atoms with Crippen molar-refractivity contribution in [1.82, 2.24) is 10.3 Å². The van der Waals surface area contributed by atoms with Gasteiger partial charge >= 0.3 is 6.18 Å². The summed E-state index contributed by atoms with van der Waals surface area (Å²) in [5.41, 5.74) is -1.60. The first-order valence-corrected chi connectivity index (χ1v) is 9.57. The second-order valence-corrected chi connectivity index (χ2v) is 7.40. The fraction of sp³-hybridized carbons (Fsp3) is 0.190. The molecule has 1 aromatic heterocycles. The lowest BCUT2D eigenvalue weighted by Crippen LogP contribution is -2.28. The predicted octanol–water partition coefficient (Wildman–Crippen LogP) is 4.78. The summed E-state index contributed by atoms with van der Waals surface area (Å²) in [7, 11) is 0. The number of ether oxygens (including phenoxy) is 1. The Hall–Kier alpha value is -3.27. The van der Waals surface area contributed by atoms with E-state index in [1.165, 1.54) is 12.4 Å². The number of nitrogens with zero attached hydrogens (tertiary/aromatic N) is 2. The molecule has 0 spiro atoms. The molecule has 3 heterocycles. The first-order chi connectivity index (χ1) is 15.1. The Bertz CT molecular complexity index is 1160. The zero-order chi connectivity index (χ0) is 23.0. The van der Waals surface area contributed by atoms with E-state index >= 15 is 0 Å². The number of carbonyl (C=O) groups is 1. The number of pyridine rings is 1. The SMILES string of the molecule is O=C(C1=CNC2N=CC(Cl)=CC12)c1c(F)ccc(OCc2ccc(C(F)(F)F)nc2)c1F. The average Bonchev–Trinajstić information content (AvgIpc) is 3.16. The molecule has 1 aromatic carbocycles. The van der Waals surface area contributed by atoms with Gasteiger partial charge in [-0.1, -0.05) is 23.7 Å². The van der Waals surface area contributed by atoms with Gasteiger partial charge in [0, 0.05) is 35.7 Å². The smallest absolute Gasteiger partial charge is 0.433 e. The maximum atomic E-state index is 15.0. The van der Waals surface area contributed by atoms with Gasteiger partial charge in [-0.15, -0.1) is 0 Å². The van der Waals surface area contributed by atoms with Crippen molar-refractivity contribution in [3.63, 3.8) is 0 Å². The Balaban J connectivity index is 1.54. The van der Waals surface area contributed by atoms with E-state index < -0.39 is 52.7 Å². The monoisotopic (exact) mass is 469 g/mol. The van der Waals surface area contributed by atoms with E-state index in [1.54, 1.807) is 6.08 Å². The first-order valence-electron chi connectivity index (χ1n) is 9.19. The normalized spacial score (nSPS) is 19.7. The Morgan fingerprint density at radius 1 is 1.19 bits per heavy atom. The first kappa shape index (κ1) is 21.9. The highest BCUT2D eigenvalue weighted by molar-refractivity contribution is 6.39. The van der Waals surface area contributed by atoms with Crippen molar-refractivity contribution in [3.05, 3.63) is 81.8 Å². The summed E-state index contributed by atoms with van der Waals surface area (Å²) in [4.78, 5) is 20.3. The Morgan fingerprint density at radius 2 is 1.97 bits per heavy atom. The van der Waals surface area contributed by atoms with Crippen molar-refractivity contribution in [2.75, 3.05) is 0 Å². The molecule has 4 rings (SSSR count). The average molecular weight is 470 g/mol. The van der Waals surface area contributed by atoms with Crippen LogP contribution in [0.3, 0.4) is 0 Å². The topological polar surface area (TPSA) is 63.6 Å². The number of halogens is 6. The molecule has 2 aromatic rings. The van der Waals surface area contributed by atoms with Gasteiger partial charge in [-0.05, 0) is 18.2 Å². The lowest BCUT2D eigenvalue weighted by Gasteiger charge is -2.19. The van der Waals surface area contributed by atoms with Gasteiger partial charge in [0.05, 0.1) is 10.6 Å². The van der Waals surface area contributed by atoms with Crippen molar-refractivity contribution in [2.45, 2.75) is 18.9 Å². The van der Waals surface area contributed by atoms with Crippen LogP contribution in [0.1, 0.15) is 21.6 Å². The molecular formula is C21H13ClF5N3O2. The number of Topliss-reactive ketones (excluding diaryl/α,β-unsaturated/α-hetero) is 1. The van der Waals surface area contributed by atoms with Gasteiger partial charge in [-0.2, -0.15) is 13.2 Å². The second-order valence-electron chi connectivity index (χ2n) is 6.97. The van der Waals surface area contributed by atoms with Gasteiger partial charge in [0.15, 0.2) is 17.3 Å². The molecule has 1 N–H and O–H groups in total. The van der Waals surface area contributed by atoms with Crippen LogP contribution < -0.4 is 10.1 Å². The van der Waals surface area contributed by atoms with E-state index in [0.29, 0.717) is 0 Å². The van der Waals surface area contributed by atoms with Crippen molar-refractivity contribution in [3.8, 4) is 5.75 Å². The van der Waals surface area contributed by atoms with Crippen molar-refractivity contribution < 1.29 is 31.5 Å². The number of fused-ring (bicyclic) bond motifs is 1. The molecule has 0 aliphatic carbocycles. The summed E-state index contributed by atoms with van der Waals surface area (Å²) in [5, 5.41) is 3.14.